The summed E-state index contributed by atoms with van der Waals surface area (Å²) in [6, 6.07) is 29.7. The molecule has 7 heteroatoms. The number of ketones is 2. The molecule has 4 nitrogen and oxygen atoms in total. The first kappa shape index (κ1) is 66.9. The Balaban J connectivity index is 1.01. The van der Waals surface area contributed by atoms with E-state index in [0.29, 0.717) is 12.8 Å². The summed E-state index contributed by atoms with van der Waals surface area (Å²) in [5, 5.41) is 9.00. The lowest BCUT2D eigenvalue weighted by Crippen LogP contribution is -2.47. The molecule has 0 radical (unpaired) electrons. The average molecular weight is 1380 g/mol. The van der Waals surface area contributed by atoms with Crippen LogP contribution in [0.25, 0.3) is 98.4 Å². The number of halogens is 3. The van der Waals surface area contributed by atoms with Crippen molar-refractivity contribution in [2.24, 2.45) is 10.8 Å². The number of carbonyl (C=O) groups excluding carboxylic acids is 2. The molecule has 4 bridgehead atoms. The molecule has 2 fully saturated rings. The Bertz CT molecular complexity index is 5540. The number of carbonyl (C=O) groups is 2. The number of hydrogen-bond acceptors (Lipinski definition) is 2. The van der Waals surface area contributed by atoms with E-state index in [9.17, 15) is 0 Å². The molecule has 536 valence electrons. The number of benzene rings is 7. The van der Waals surface area contributed by atoms with Crippen LogP contribution in [0.4, 0.5) is 13.2 Å². The molecule has 0 spiro atoms. The van der Waals surface area contributed by atoms with E-state index in [2.05, 4.69) is 207 Å². The maximum Gasteiger partial charge on any atom is 0.401 e. The van der Waals surface area contributed by atoms with Crippen LogP contribution >= 0.6 is 0 Å². The summed E-state index contributed by atoms with van der Waals surface area (Å²) in [5.41, 5.74) is 22.7. The molecule has 0 unspecified atom stereocenters. The van der Waals surface area contributed by atoms with Crippen LogP contribution in [-0.4, -0.2) is 26.5 Å². The topological polar surface area (TPSA) is 43.0 Å². The second-order valence-corrected chi connectivity index (χ2v) is 39.5. The predicted molar refractivity (Wildman–Crippen MR) is 423 cm³/mol. The molecule has 0 saturated heterocycles. The number of nitrogens with zero attached hydrogens (tertiary/aromatic N) is 2. The zero-order valence-corrected chi connectivity index (χ0v) is 65.4. The summed E-state index contributed by atoms with van der Waals surface area (Å²) in [6.07, 6.45) is 12.2. The van der Waals surface area contributed by atoms with Crippen molar-refractivity contribution in [2.75, 3.05) is 0 Å². The fourth-order valence-electron chi connectivity index (χ4n) is 27.0. The molecule has 103 heavy (non-hydrogen) atoms. The third-order valence-corrected chi connectivity index (χ3v) is 32.9. The van der Waals surface area contributed by atoms with Gasteiger partial charge in [-0.3, -0.25) is 9.59 Å². The Morgan fingerprint density at radius 3 is 0.893 bits per heavy atom. The summed E-state index contributed by atoms with van der Waals surface area (Å²) >= 11 is 0. The summed E-state index contributed by atoms with van der Waals surface area (Å²) in [5.74, 6) is -0.481. The van der Waals surface area contributed by atoms with Crippen LogP contribution in [0.2, 0.25) is 0 Å². The van der Waals surface area contributed by atoms with Gasteiger partial charge >= 0.3 is 6.18 Å². The van der Waals surface area contributed by atoms with Crippen molar-refractivity contribution in [3.05, 3.63) is 140 Å². The highest BCUT2D eigenvalue weighted by Crippen LogP contribution is 2.68. The van der Waals surface area contributed by atoms with Crippen molar-refractivity contribution in [1.82, 2.24) is 8.80 Å². The van der Waals surface area contributed by atoms with Crippen LogP contribution in [0.3, 0.4) is 0 Å². The molecule has 10 aliphatic rings. The molecule has 21 rings (SSSR count). The first-order valence-corrected chi connectivity index (χ1v) is 40.6. The molecule has 2 saturated carbocycles. The van der Waals surface area contributed by atoms with Crippen LogP contribution in [-0.2, 0) is 54.1 Å². The minimum absolute atomic E-state index is 0.00898. The van der Waals surface area contributed by atoms with E-state index in [1.807, 2.05) is 6.07 Å². The standard InChI is InChI=1S/C96H109F3N2O2/c1-20-91(21-2)48-84(9,10)76-66(91)46-67-77(85(11,12)49-92(67,22-3)23-4)74(76)52-36-58-54-40-64-62(82(102)90(19)30-28-88(64,17)29-31-90)44-72(54)100-70-42-57-61-39-53(75-78-68(93(24-5,25-6)50-86(78,13)14)47-69-79(75)87(15,16)51-94(69,26-7)27-8)37-59-55-41-65-63(83(103)95(96(97,98)99)34-32-89(65,18)33-35-95)45-73(55)101(81(59)61)71(57)43-56(70)60(38-52)80(58)100/h36-47H,20-35,48-51H2,1-19H3. The minimum Gasteiger partial charge on any atom is -0.308 e. The number of fused-ring (bicyclic) bond motifs is 20. The largest absolute Gasteiger partial charge is 0.401 e. The van der Waals surface area contributed by atoms with Gasteiger partial charge in [-0.05, 0) is 321 Å². The highest BCUT2D eigenvalue weighted by atomic mass is 19.4. The van der Waals surface area contributed by atoms with Gasteiger partial charge in [-0.25, -0.2) is 0 Å². The maximum atomic E-state index is 16.0. The summed E-state index contributed by atoms with van der Waals surface area (Å²) in [6.45, 7) is 46.4. The van der Waals surface area contributed by atoms with Gasteiger partial charge in [0.1, 0.15) is 5.41 Å². The van der Waals surface area contributed by atoms with E-state index < -0.39 is 28.2 Å². The Morgan fingerprint density at radius 2 is 0.592 bits per heavy atom. The molecular formula is C96H109F3N2O2. The van der Waals surface area contributed by atoms with E-state index in [0.717, 1.165) is 168 Å². The van der Waals surface area contributed by atoms with Gasteiger partial charge in [-0.1, -0.05) is 144 Å². The lowest BCUT2D eigenvalue weighted by atomic mass is 9.64. The van der Waals surface area contributed by atoms with Gasteiger partial charge in [0, 0.05) is 59.6 Å². The third-order valence-electron chi connectivity index (χ3n) is 32.9. The molecule has 4 aromatic heterocycles. The Kier molecular flexibility index (Phi) is 13.1. The molecule has 0 aliphatic heterocycles. The molecule has 4 heterocycles. The highest BCUT2D eigenvalue weighted by Gasteiger charge is 2.65. The molecular weight excluding hydrogens is 1270 g/mol. The SMILES string of the molecule is CCC1(CC)CC(C)(C)c2c1cc1c(c2-c2cc3c4cc5c(cc4n4c6cc7c8cc(-c9c%10c(cc%11c9C(C)(C)CC%11(CC)CC)C(CC)(CC)CC%10(C)C)cc9c%10cc%11c(cc%10n(c7cc6c(c2)c34)c98)C(=O)C2(C(F)(F)F)CCC%11(C)CC2)C(=O)C2(C)CCC5(C)CC2)C(C)(C)CC1(CC)CC. The van der Waals surface area contributed by atoms with Crippen LogP contribution in [0, 0.1) is 10.8 Å². The fourth-order valence-corrected chi connectivity index (χ4v) is 27.0. The number of alkyl halides is 3. The van der Waals surface area contributed by atoms with Crippen molar-refractivity contribution in [1.29, 1.82) is 0 Å². The van der Waals surface area contributed by atoms with E-state index in [1.165, 1.54) is 82.9 Å². The van der Waals surface area contributed by atoms with Crippen molar-refractivity contribution in [2.45, 2.75) is 320 Å². The zero-order chi connectivity index (χ0) is 72.8. The Hall–Kier alpha value is -6.73. The lowest BCUT2D eigenvalue weighted by Gasteiger charge is -2.41. The van der Waals surface area contributed by atoms with Gasteiger partial charge in [0.2, 0.25) is 0 Å². The molecule has 0 atom stereocenters. The molecule has 0 N–H and O–H groups in total. The van der Waals surface area contributed by atoms with E-state index >= 15 is 22.8 Å². The quantitative estimate of drug-likeness (QED) is 0.137. The highest BCUT2D eigenvalue weighted by molar-refractivity contribution is 6.31. The zero-order valence-electron chi connectivity index (χ0n) is 65.4. The summed E-state index contributed by atoms with van der Waals surface area (Å²) in [4.78, 5) is 31.1. The maximum absolute atomic E-state index is 16.0. The first-order valence-electron chi connectivity index (χ1n) is 40.6. The number of Topliss-reactive ketones (excluding diaryl/α,β-unsaturated/α-hetero) is 2. The fraction of sp³-hybridized carbons (Fsp3) is 0.542. The second kappa shape index (κ2) is 20.1. The molecule has 0 amide bonds. The van der Waals surface area contributed by atoms with E-state index in [-0.39, 0.29) is 72.9 Å². The first-order chi connectivity index (χ1) is 48.5. The monoisotopic (exact) mass is 1380 g/mol. The second-order valence-electron chi connectivity index (χ2n) is 39.5. The van der Waals surface area contributed by atoms with Crippen molar-refractivity contribution in [3.63, 3.8) is 0 Å². The van der Waals surface area contributed by atoms with Gasteiger partial charge in [0.05, 0.1) is 33.1 Å². The van der Waals surface area contributed by atoms with E-state index in [1.54, 1.807) is 11.1 Å². The number of rotatable bonds is 10. The van der Waals surface area contributed by atoms with Gasteiger partial charge in [-0.2, -0.15) is 13.2 Å². The van der Waals surface area contributed by atoms with Gasteiger partial charge in [0.15, 0.2) is 11.6 Å². The van der Waals surface area contributed by atoms with Crippen LogP contribution < -0.4 is 0 Å². The van der Waals surface area contributed by atoms with Gasteiger partial charge in [0.25, 0.3) is 0 Å². The normalized spacial score (nSPS) is 27.0. The minimum atomic E-state index is -4.69. The van der Waals surface area contributed by atoms with Crippen LogP contribution in [0.15, 0.2) is 72.8 Å². The van der Waals surface area contributed by atoms with E-state index in [4.69, 9.17) is 0 Å². The third kappa shape index (κ3) is 7.79. The smallest absolute Gasteiger partial charge is 0.308 e. The van der Waals surface area contributed by atoms with Crippen LogP contribution in [0.5, 0.6) is 0 Å². The van der Waals surface area contributed by atoms with Crippen molar-refractivity contribution >= 4 is 87.8 Å². The van der Waals surface area contributed by atoms with Gasteiger partial charge in [-0.15, -0.1) is 0 Å². The Morgan fingerprint density at radius 1 is 0.320 bits per heavy atom. The molecule has 11 aromatic rings. The number of aromatic nitrogens is 2. The van der Waals surface area contributed by atoms with Crippen LogP contribution in [0.1, 0.15) is 336 Å². The number of hydrogen-bond donors (Lipinski definition) is 0. The van der Waals surface area contributed by atoms with Gasteiger partial charge < -0.3 is 8.80 Å². The summed E-state index contributed by atoms with van der Waals surface area (Å²) in [7, 11) is 0. The van der Waals surface area contributed by atoms with Crippen molar-refractivity contribution in [3.8, 4) is 22.3 Å². The lowest BCUT2D eigenvalue weighted by molar-refractivity contribution is -0.214. The molecule has 10 aliphatic carbocycles. The Labute approximate surface area is 608 Å². The van der Waals surface area contributed by atoms with Crippen molar-refractivity contribution < 1.29 is 22.8 Å². The predicted octanol–water partition coefficient (Wildman–Crippen LogP) is 26.9. The molecule has 7 aromatic carbocycles. The summed E-state index contributed by atoms with van der Waals surface area (Å²) < 4.78 is 53.0. The average Bonchev–Trinajstić information content (AvgIpc) is 1.51.